The van der Waals surface area contributed by atoms with Gasteiger partial charge in [-0.2, -0.15) is 10.4 Å². The summed E-state index contributed by atoms with van der Waals surface area (Å²) in [6, 6.07) is 6.17. The second-order valence-corrected chi connectivity index (χ2v) is 8.23. The lowest BCUT2D eigenvalue weighted by Gasteiger charge is -2.34. The second kappa shape index (κ2) is 8.15. The molecule has 32 heavy (non-hydrogen) atoms. The number of hydrogen-bond acceptors (Lipinski definition) is 8. The van der Waals surface area contributed by atoms with Crippen LogP contribution in [0.5, 0.6) is 0 Å². The first-order valence-corrected chi connectivity index (χ1v) is 10.6. The number of rotatable bonds is 4. The fraction of sp³-hybridized carbons (Fsp3) is 0.348. The van der Waals surface area contributed by atoms with Gasteiger partial charge in [-0.3, -0.25) is 4.90 Å². The predicted molar refractivity (Wildman–Crippen MR) is 115 cm³/mol. The van der Waals surface area contributed by atoms with Crippen LogP contribution in [0.3, 0.4) is 0 Å². The molecule has 1 aromatic carbocycles. The van der Waals surface area contributed by atoms with E-state index in [-0.39, 0.29) is 12.0 Å². The molecule has 1 saturated heterocycles. The highest BCUT2D eigenvalue weighted by molar-refractivity contribution is 5.94. The van der Waals surface area contributed by atoms with Crippen LogP contribution in [0, 0.1) is 25.2 Å². The van der Waals surface area contributed by atoms with Crippen molar-refractivity contribution in [2.24, 2.45) is 0 Å². The minimum Gasteiger partial charge on any atom is -0.457 e. The number of nitrogens with one attached hydrogen (secondary N) is 1. The number of aromatic nitrogens is 4. The number of ether oxygens (including phenoxy) is 1. The molecule has 9 nitrogen and oxygen atoms in total. The van der Waals surface area contributed by atoms with Crippen molar-refractivity contribution in [3.8, 4) is 12.0 Å². The van der Waals surface area contributed by atoms with Crippen LogP contribution < -0.4 is 5.32 Å². The highest BCUT2D eigenvalue weighted by Crippen LogP contribution is 2.30. The number of esters is 1. The molecule has 2 aromatic heterocycles. The summed E-state index contributed by atoms with van der Waals surface area (Å²) in [5.41, 5.74) is 6.22. The summed E-state index contributed by atoms with van der Waals surface area (Å²) < 4.78 is 6.73. The molecule has 9 heteroatoms. The molecule has 2 aliphatic heterocycles. The average Bonchev–Trinajstić information content (AvgIpc) is 3.37. The molecule has 0 bridgehead atoms. The number of carbonyl (C=O) groups excluding carboxylic acids is 1. The Hall–Kier alpha value is -3.61. The monoisotopic (exact) mass is 429 g/mol. The Morgan fingerprint density at radius 3 is 2.84 bits per heavy atom. The zero-order valence-electron chi connectivity index (χ0n) is 18.0. The van der Waals surface area contributed by atoms with Crippen molar-refractivity contribution in [2.75, 3.05) is 19.6 Å². The molecule has 3 aromatic rings. The molecular weight excluding hydrogens is 406 g/mol. The zero-order chi connectivity index (χ0) is 22.2. The minimum absolute atomic E-state index is 0.182. The molecule has 0 saturated carbocycles. The van der Waals surface area contributed by atoms with E-state index >= 15 is 0 Å². The fourth-order valence-electron chi connectivity index (χ4n) is 4.39. The van der Waals surface area contributed by atoms with Crippen LogP contribution in [0.4, 0.5) is 0 Å². The quantitative estimate of drug-likeness (QED) is 0.627. The first kappa shape index (κ1) is 20.3. The van der Waals surface area contributed by atoms with E-state index in [1.807, 2.05) is 31.5 Å². The Morgan fingerprint density at radius 2 is 2.09 bits per heavy atom. The zero-order valence-corrected chi connectivity index (χ0v) is 18.0. The molecule has 0 spiro atoms. The summed E-state index contributed by atoms with van der Waals surface area (Å²) in [5.74, 6) is 0.215. The van der Waals surface area contributed by atoms with Crippen molar-refractivity contribution in [1.29, 1.82) is 5.26 Å². The largest absolute Gasteiger partial charge is 0.457 e. The first-order chi connectivity index (χ1) is 15.5. The minimum atomic E-state index is -0.231. The number of nitrogens with zero attached hydrogens (tertiary/aromatic N) is 6. The van der Waals surface area contributed by atoms with Gasteiger partial charge >= 0.3 is 5.97 Å². The number of fused-ring (bicyclic) bond motifs is 1. The molecular formula is C23H23N7O2. The highest BCUT2D eigenvalue weighted by Gasteiger charge is 2.28. The van der Waals surface area contributed by atoms with E-state index in [0.717, 1.165) is 48.4 Å². The van der Waals surface area contributed by atoms with Gasteiger partial charge in [0.15, 0.2) is 5.69 Å². The van der Waals surface area contributed by atoms with Crippen LogP contribution in [0.25, 0.3) is 5.95 Å². The number of piperazine rings is 1. The van der Waals surface area contributed by atoms with Crippen LogP contribution >= 0.6 is 0 Å². The maximum Gasteiger partial charge on any atom is 0.338 e. The van der Waals surface area contributed by atoms with Crippen LogP contribution in [0.1, 0.15) is 49.9 Å². The van der Waals surface area contributed by atoms with Crippen LogP contribution in [-0.2, 0) is 17.9 Å². The number of aryl methyl sites for hydroxylation is 1. The Bertz CT molecular complexity index is 1230. The molecule has 1 N–H and O–H groups in total. The van der Waals surface area contributed by atoms with Gasteiger partial charge in [0.05, 0.1) is 5.56 Å². The van der Waals surface area contributed by atoms with Gasteiger partial charge in [-0.05, 0) is 31.0 Å². The van der Waals surface area contributed by atoms with Crippen molar-refractivity contribution >= 4 is 5.97 Å². The average molecular weight is 429 g/mol. The summed E-state index contributed by atoms with van der Waals surface area (Å²) in [6.45, 7) is 7.65. The van der Waals surface area contributed by atoms with E-state index in [0.29, 0.717) is 23.8 Å². The summed E-state index contributed by atoms with van der Waals surface area (Å²) in [5, 5.41) is 16.9. The number of nitriles is 1. The summed E-state index contributed by atoms with van der Waals surface area (Å²) >= 11 is 0. The standard InChI is InChI=1S/C23H23N7O2/c1-14-10-30(28-20(14)7-24)23-26-8-16(9-27-23)11-29-6-5-25-21(12-29)17-3-4-18-19(15(17)2)13-32-22(18)31/h3-4,8-10,21,25H,5-6,11-13H2,1-2H3/t21-/m0/s1. The molecule has 162 valence electrons. The molecule has 0 radical (unpaired) electrons. The van der Waals surface area contributed by atoms with E-state index in [1.165, 1.54) is 10.2 Å². The van der Waals surface area contributed by atoms with Crippen LogP contribution in [-0.4, -0.2) is 50.3 Å². The molecule has 0 amide bonds. The molecule has 5 rings (SSSR count). The predicted octanol–water partition coefficient (Wildman–Crippen LogP) is 1.97. The third kappa shape index (κ3) is 3.64. The molecule has 2 aliphatic rings. The number of hydrogen-bond donors (Lipinski definition) is 1. The lowest BCUT2D eigenvalue weighted by Crippen LogP contribution is -2.45. The Kier molecular flexibility index (Phi) is 5.17. The van der Waals surface area contributed by atoms with Gasteiger partial charge in [0.2, 0.25) is 5.95 Å². The van der Waals surface area contributed by atoms with Gasteiger partial charge in [-0.1, -0.05) is 6.07 Å². The van der Waals surface area contributed by atoms with E-state index < -0.39 is 0 Å². The van der Waals surface area contributed by atoms with Gasteiger partial charge in [0, 0.05) is 67.5 Å². The highest BCUT2D eigenvalue weighted by atomic mass is 16.5. The van der Waals surface area contributed by atoms with Crippen molar-refractivity contribution in [1.82, 2.24) is 30.0 Å². The SMILES string of the molecule is Cc1cn(-c2ncc(CN3CCN[C@H](c4ccc5c(c4C)COC5=O)C3)cn2)nc1C#N. The van der Waals surface area contributed by atoms with Gasteiger partial charge in [-0.25, -0.2) is 19.4 Å². The maximum absolute atomic E-state index is 11.8. The van der Waals surface area contributed by atoms with Crippen LogP contribution in [0.2, 0.25) is 0 Å². The normalized spacial score (nSPS) is 18.3. The van der Waals surface area contributed by atoms with Crippen molar-refractivity contribution < 1.29 is 9.53 Å². The molecule has 0 unspecified atom stereocenters. The molecule has 1 atom stereocenters. The van der Waals surface area contributed by atoms with Crippen LogP contribution in [0.15, 0.2) is 30.7 Å². The van der Waals surface area contributed by atoms with E-state index in [2.05, 4.69) is 38.3 Å². The Balaban J connectivity index is 1.29. The topological polar surface area (TPSA) is 109 Å². The Labute approximate surface area is 185 Å². The summed E-state index contributed by atoms with van der Waals surface area (Å²) in [7, 11) is 0. The van der Waals surface area contributed by atoms with Crippen molar-refractivity contribution in [2.45, 2.75) is 33.0 Å². The first-order valence-electron chi connectivity index (χ1n) is 10.6. The summed E-state index contributed by atoms with van der Waals surface area (Å²) in [6.07, 6.45) is 5.38. The van der Waals surface area contributed by atoms with Crippen molar-refractivity contribution in [3.05, 3.63) is 69.8 Å². The van der Waals surface area contributed by atoms with E-state index in [4.69, 9.17) is 10.00 Å². The number of carbonyl (C=O) groups is 1. The lowest BCUT2D eigenvalue weighted by molar-refractivity contribution is 0.0535. The third-order valence-corrected chi connectivity index (χ3v) is 6.15. The lowest BCUT2D eigenvalue weighted by atomic mass is 9.93. The Morgan fingerprint density at radius 1 is 1.28 bits per heavy atom. The van der Waals surface area contributed by atoms with Crippen molar-refractivity contribution in [3.63, 3.8) is 0 Å². The second-order valence-electron chi connectivity index (χ2n) is 8.23. The summed E-state index contributed by atoms with van der Waals surface area (Å²) in [4.78, 5) is 23.1. The van der Waals surface area contributed by atoms with Gasteiger partial charge < -0.3 is 10.1 Å². The van der Waals surface area contributed by atoms with Gasteiger partial charge in [0.1, 0.15) is 12.7 Å². The van der Waals surface area contributed by atoms with E-state index in [1.54, 1.807) is 6.20 Å². The molecule has 0 aliphatic carbocycles. The number of cyclic esters (lactones) is 1. The maximum atomic E-state index is 11.8. The van der Waals surface area contributed by atoms with Gasteiger partial charge in [0.25, 0.3) is 0 Å². The molecule has 1 fully saturated rings. The van der Waals surface area contributed by atoms with E-state index in [9.17, 15) is 4.79 Å². The number of benzene rings is 1. The van der Waals surface area contributed by atoms with Gasteiger partial charge in [-0.15, -0.1) is 0 Å². The fourth-order valence-corrected chi connectivity index (χ4v) is 4.39. The third-order valence-electron chi connectivity index (χ3n) is 6.15. The smallest absolute Gasteiger partial charge is 0.338 e. The molecule has 4 heterocycles.